The van der Waals surface area contributed by atoms with E-state index in [4.69, 9.17) is 14.6 Å². The van der Waals surface area contributed by atoms with Crippen molar-refractivity contribution in [3.63, 3.8) is 0 Å². The van der Waals surface area contributed by atoms with Crippen LogP contribution in [0.2, 0.25) is 0 Å². The monoisotopic (exact) mass is 540 g/mol. The molecule has 4 rings (SSSR count). The summed E-state index contributed by atoms with van der Waals surface area (Å²) in [6.07, 6.45) is -3.98. The number of methoxy groups -OCH3 is 1. The van der Waals surface area contributed by atoms with Crippen molar-refractivity contribution in [2.45, 2.75) is 44.3 Å². The number of aromatic nitrogens is 2. The number of hydrogen-bond acceptors (Lipinski definition) is 10. The number of alkyl halides is 3. The lowest BCUT2D eigenvalue weighted by atomic mass is 9.92. The summed E-state index contributed by atoms with van der Waals surface area (Å²) in [5.74, 6) is 0.173. The topological polar surface area (TPSA) is 152 Å². The van der Waals surface area contributed by atoms with Gasteiger partial charge in [0.05, 0.1) is 35.9 Å². The van der Waals surface area contributed by atoms with Gasteiger partial charge in [-0.15, -0.1) is 0 Å². The van der Waals surface area contributed by atoms with Crippen molar-refractivity contribution in [3.8, 4) is 0 Å². The van der Waals surface area contributed by atoms with Crippen LogP contribution in [-0.4, -0.2) is 69.9 Å². The number of non-ortho nitro benzene ring substituents is 1. The van der Waals surface area contributed by atoms with E-state index >= 15 is 0 Å². The molecule has 38 heavy (non-hydrogen) atoms. The Morgan fingerprint density at radius 3 is 2.61 bits per heavy atom. The van der Waals surface area contributed by atoms with Crippen molar-refractivity contribution in [1.29, 1.82) is 0 Å². The molecule has 1 saturated heterocycles. The molecule has 0 aliphatic carbocycles. The minimum absolute atomic E-state index is 0.0234. The molecule has 1 aromatic heterocycles. The fraction of sp³-hybridized carbons (Fsp3) is 0.522. The highest BCUT2D eigenvalue weighted by atomic mass is 19.4. The summed E-state index contributed by atoms with van der Waals surface area (Å²) in [7, 11) is 1.48. The van der Waals surface area contributed by atoms with Crippen LogP contribution < -0.4 is 10.6 Å². The normalized spacial score (nSPS) is 16.7. The minimum Gasteiger partial charge on any atom is -0.395 e. The van der Waals surface area contributed by atoms with Crippen LogP contribution in [0.3, 0.4) is 0 Å². The number of amides is 1. The molecule has 0 atom stereocenters. The predicted molar refractivity (Wildman–Crippen MR) is 127 cm³/mol. The van der Waals surface area contributed by atoms with Gasteiger partial charge in [-0.05, 0) is 11.6 Å². The predicted octanol–water partition coefficient (Wildman–Crippen LogP) is 2.46. The van der Waals surface area contributed by atoms with E-state index in [-0.39, 0.29) is 56.0 Å². The summed E-state index contributed by atoms with van der Waals surface area (Å²) >= 11 is 0. The van der Waals surface area contributed by atoms with E-state index in [0.29, 0.717) is 43.4 Å². The highest BCUT2D eigenvalue weighted by Gasteiger charge is 2.45. The Labute approximate surface area is 215 Å². The van der Waals surface area contributed by atoms with Gasteiger partial charge in [0, 0.05) is 64.0 Å². The molecule has 1 aromatic carbocycles. The van der Waals surface area contributed by atoms with Gasteiger partial charge in [0.2, 0.25) is 5.95 Å². The second kappa shape index (κ2) is 11.0. The standard InChI is InChI=1S/C23H27F3N6O6/c1-37-22(2-6-38-7-3-22)20(34)31-12-17-18(13-31)29-21(27-4-5-33)30-19(17)28-11-14-8-15(23(24,25)26)10-16(9-14)32(35)36/h8-10,33H,2-7,11-13H2,1H3,(H2,27,28,29,30). The second-order valence-electron chi connectivity index (χ2n) is 8.94. The summed E-state index contributed by atoms with van der Waals surface area (Å²) in [6, 6.07) is 2.36. The lowest BCUT2D eigenvalue weighted by molar-refractivity contribution is -0.385. The molecule has 3 N–H and O–H groups in total. The van der Waals surface area contributed by atoms with Gasteiger partial charge in [-0.3, -0.25) is 14.9 Å². The molecule has 3 heterocycles. The van der Waals surface area contributed by atoms with Gasteiger partial charge in [0.1, 0.15) is 5.82 Å². The number of carbonyl (C=O) groups excluding carboxylic acids is 1. The number of ether oxygens (including phenoxy) is 2. The average Bonchev–Trinajstić information content (AvgIpc) is 3.34. The molecule has 0 bridgehead atoms. The van der Waals surface area contributed by atoms with Crippen LogP contribution in [0.25, 0.3) is 0 Å². The molecule has 2 aliphatic heterocycles. The fourth-order valence-electron chi connectivity index (χ4n) is 4.52. The van der Waals surface area contributed by atoms with Crippen molar-refractivity contribution >= 4 is 23.4 Å². The zero-order valence-corrected chi connectivity index (χ0v) is 20.5. The third-order valence-corrected chi connectivity index (χ3v) is 6.52. The van der Waals surface area contributed by atoms with Crippen LogP contribution in [0.5, 0.6) is 0 Å². The highest BCUT2D eigenvalue weighted by molar-refractivity contribution is 5.86. The number of fused-ring (bicyclic) bond motifs is 1. The summed E-state index contributed by atoms with van der Waals surface area (Å²) in [5.41, 5.74) is -1.75. The SMILES string of the molecule is COC1(C(=O)N2Cc3nc(NCCO)nc(NCc4cc([N+](=O)[O-])cc(C(F)(F)F)c4)c3C2)CCOCC1. The number of halogens is 3. The van der Waals surface area contributed by atoms with E-state index in [1.807, 2.05) is 0 Å². The lowest BCUT2D eigenvalue weighted by Crippen LogP contribution is -2.51. The zero-order valence-electron chi connectivity index (χ0n) is 20.5. The smallest absolute Gasteiger partial charge is 0.395 e. The molecule has 1 fully saturated rings. The maximum absolute atomic E-state index is 13.5. The molecular formula is C23H27F3N6O6. The maximum Gasteiger partial charge on any atom is 0.416 e. The molecule has 15 heteroatoms. The Kier molecular flexibility index (Phi) is 7.99. The number of hydrogen-bond donors (Lipinski definition) is 3. The molecule has 206 valence electrons. The second-order valence-corrected chi connectivity index (χ2v) is 8.94. The van der Waals surface area contributed by atoms with Gasteiger partial charge in [-0.25, -0.2) is 4.98 Å². The van der Waals surface area contributed by atoms with Crippen LogP contribution in [0.15, 0.2) is 18.2 Å². The Hall–Kier alpha value is -3.56. The number of nitrogens with zero attached hydrogens (tertiary/aromatic N) is 4. The molecule has 2 aromatic rings. The Balaban J connectivity index is 1.61. The van der Waals surface area contributed by atoms with Gasteiger partial charge >= 0.3 is 6.18 Å². The van der Waals surface area contributed by atoms with E-state index in [1.165, 1.54) is 7.11 Å². The molecule has 0 radical (unpaired) electrons. The van der Waals surface area contributed by atoms with Crippen molar-refractivity contribution in [2.24, 2.45) is 0 Å². The van der Waals surface area contributed by atoms with Crippen LogP contribution in [0, 0.1) is 10.1 Å². The van der Waals surface area contributed by atoms with Crippen LogP contribution in [-0.2, 0) is 40.1 Å². The molecule has 2 aliphatic rings. The summed E-state index contributed by atoms with van der Waals surface area (Å²) in [5, 5.41) is 26.2. The number of nitro benzene ring substituents is 1. The third kappa shape index (κ3) is 5.79. The van der Waals surface area contributed by atoms with E-state index in [0.717, 1.165) is 12.1 Å². The maximum atomic E-state index is 13.5. The Morgan fingerprint density at radius 2 is 1.97 bits per heavy atom. The van der Waals surface area contributed by atoms with E-state index in [1.54, 1.807) is 4.90 Å². The molecule has 12 nitrogen and oxygen atoms in total. The number of benzene rings is 1. The van der Waals surface area contributed by atoms with E-state index in [2.05, 4.69) is 20.6 Å². The van der Waals surface area contributed by atoms with Crippen molar-refractivity contribution in [3.05, 3.63) is 50.7 Å². The average molecular weight is 540 g/mol. The summed E-state index contributed by atoms with van der Waals surface area (Å²) in [4.78, 5) is 34.2. The van der Waals surface area contributed by atoms with Gasteiger partial charge in [-0.2, -0.15) is 18.2 Å². The number of rotatable bonds is 9. The van der Waals surface area contributed by atoms with Crippen molar-refractivity contribution in [1.82, 2.24) is 14.9 Å². The molecule has 0 unspecified atom stereocenters. The highest BCUT2D eigenvalue weighted by Crippen LogP contribution is 2.35. The van der Waals surface area contributed by atoms with Crippen LogP contribution in [0.4, 0.5) is 30.6 Å². The number of anilines is 2. The number of nitrogens with one attached hydrogen (secondary N) is 2. The number of aliphatic hydroxyl groups excluding tert-OH is 1. The molecular weight excluding hydrogens is 513 g/mol. The fourth-order valence-corrected chi connectivity index (χ4v) is 4.52. The lowest BCUT2D eigenvalue weighted by Gasteiger charge is -2.37. The molecule has 0 spiro atoms. The first kappa shape index (κ1) is 27.5. The number of carbonyl (C=O) groups is 1. The largest absolute Gasteiger partial charge is 0.416 e. The Bertz CT molecular complexity index is 1200. The first-order valence-corrected chi connectivity index (χ1v) is 11.8. The molecule has 1 amide bonds. The Morgan fingerprint density at radius 1 is 1.24 bits per heavy atom. The summed E-state index contributed by atoms with van der Waals surface area (Å²) in [6.45, 7) is 0.789. The first-order chi connectivity index (χ1) is 18.1. The van der Waals surface area contributed by atoms with Crippen molar-refractivity contribution in [2.75, 3.05) is 44.1 Å². The van der Waals surface area contributed by atoms with Gasteiger partial charge in [-0.1, -0.05) is 0 Å². The quantitative estimate of drug-likeness (QED) is 0.319. The third-order valence-electron chi connectivity index (χ3n) is 6.52. The van der Waals surface area contributed by atoms with E-state index in [9.17, 15) is 28.1 Å². The molecule has 0 saturated carbocycles. The number of nitro groups is 1. The van der Waals surface area contributed by atoms with E-state index < -0.39 is 28.0 Å². The number of aliphatic hydroxyl groups is 1. The van der Waals surface area contributed by atoms with Gasteiger partial charge in [0.25, 0.3) is 11.6 Å². The van der Waals surface area contributed by atoms with Gasteiger partial charge < -0.3 is 30.1 Å². The minimum atomic E-state index is -4.76. The van der Waals surface area contributed by atoms with Gasteiger partial charge in [0.15, 0.2) is 5.60 Å². The van der Waals surface area contributed by atoms with Crippen LogP contribution >= 0.6 is 0 Å². The zero-order chi connectivity index (χ0) is 27.5. The summed E-state index contributed by atoms with van der Waals surface area (Å²) < 4.78 is 50.9. The first-order valence-electron chi connectivity index (χ1n) is 11.8. The van der Waals surface area contributed by atoms with Crippen LogP contribution in [0.1, 0.15) is 35.2 Å². The van der Waals surface area contributed by atoms with Crippen molar-refractivity contribution < 1.29 is 37.5 Å².